The van der Waals surface area contributed by atoms with Crippen LogP contribution in [0.15, 0.2) is 24.3 Å². The summed E-state index contributed by atoms with van der Waals surface area (Å²) in [7, 11) is 0. The molecule has 0 aliphatic heterocycles. The second-order valence-corrected chi connectivity index (χ2v) is 4.90. The molecule has 0 spiro atoms. The molecule has 0 aliphatic carbocycles. The van der Waals surface area contributed by atoms with Crippen LogP contribution in [-0.4, -0.2) is 15.0 Å². The van der Waals surface area contributed by atoms with Gasteiger partial charge in [-0.15, -0.1) is 5.10 Å². The van der Waals surface area contributed by atoms with E-state index >= 15 is 0 Å². The summed E-state index contributed by atoms with van der Waals surface area (Å²) < 4.78 is 1.91. The Balaban J connectivity index is 2.04. The fourth-order valence-electron chi connectivity index (χ4n) is 2.10. The highest BCUT2D eigenvalue weighted by Crippen LogP contribution is 2.11. The number of nitrogens with zero attached hydrogens (tertiary/aromatic N) is 3. The number of unbranched alkanes of at least 4 members (excludes halogenated alkanes) is 1. The molecule has 102 valence electrons. The van der Waals surface area contributed by atoms with Crippen molar-refractivity contribution in [2.75, 3.05) is 0 Å². The van der Waals surface area contributed by atoms with Crippen LogP contribution in [-0.2, 0) is 19.5 Å². The Kier molecular flexibility index (Phi) is 4.68. The van der Waals surface area contributed by atoms with Crippen LogP contribution >= 0.6 is 0 Å². The predicted octanol–water partition coefficient (Wildman–Crippen LogP) is 2.44. The van der Waals surface area contributed by atoms with Gasteiger partial charge < -0.3 is 5.73 Å². The summed E-state index contributed by atoms with van der Waals surface area (Å²) in [5.74, 6) is 0. The lowest BCUT2D eigenvalue weighted by atomic mass is 10.1. The molecule has 0 fully saturated rings. The van der Waals surface area contributed by atoms with Crippen molar-refractivity contribution < 1.29 is 0 Å². The first-order valence-electron chi connectivity index (χ1n) is 6.91. The van der Waals surface area contributed by atoms with Crippen LogP contribution in [0, 0.1) is 6.92 Å². The van der Waals surface area contributed by atoms with Gasteiger partial charge in [0.15, 0.2) is 0 Å². The maximum absolute atomic E-state index is 5.61. The highest BCUT2D eigenvalue weighted by molar-refractivity contribution is 5.23. The summed E-state index contributed by atoms with van der Waals surface area (Å²) in [5.41, 5.74) is 10.2. The van der Waals surface area contributed by atoms with E-state index in [2.05, 4.69) is 41.5 Å². The first kappa shape index (κ1) is 13.7. The zero-order valence-corrected chi connectivity index (χ0v) is 11.8. The van der Waals surface area contributed by atoms with Gasteiger partial charge in [0.25, 0.3) is 0 Å². The van der Waals surface area contributed by atoms with Crippen LogP contribution in [0.5, 0.6) is 0 Å². The Morgan fingerprint density at radius 2 is 1.84 bits per heavy atom. The summed E-state index contributed by atoms with van der Waals surface area (Å²) in [6, 6.07) is 8.77. The minimum absolute atomic E-state index is 0.446. The molecule has 0 radical (unpaired) electrons. The molecule has 0 aliphatic rings. The van der Waals surface area contributed by atoms with Gasteiger partial charge in [-0.1, -0.05) is 42.8 Å². The molecule has 0 saturated heterocycles. The number of hydrogen-bond acceptors (Lipinski definition) is 3. The van der Waals surface area contributed by atoms with Crippen LogP contribution in [0.1, 0.15) is 42.3 Å². The molecule has 2 aromatic rings. The summed E-state index contributed by atoms with van der Waals surface area (Å²) in [6.45, 7) is 5.43. The van der Waals surface area contributed by atoms with Crippen LogP contribution in [0.3, 0.4) is 0 Å². The SMILES string of the molecule is CCCCc1ccc(Cn2nnc(CN)c2C)cc1. The fraction of sp³-hybridized carbons (Fsp3) is 0.467. The maximum Gasteiger partial charge on any atom is 0.0991 e. The third kappa shape index (κ3) is 3.41. The summed E-state index contributed by atoms with van der Waals surface area (Å²) in [4.78, 5) is 0. The van der Waals surface area contributed by atoms with Crippen molar-refractivity contribution in [1.82, 2.24) is 15.0 Å². The van der Waals surface area contributed by atoms with Crippen LogP contribution < -0.4 is 5.73 Å². The maximum atomic E-state index is 5.61. The zero-order valence-electron chi connectivity index (χ0n) is 11.8. The number of aryl methyl sites for hydroxylation is 1. The number of aromatic nitrogens is 3. The van der Waals surface area contributed by atoms with E-state index < -0.39 is 0 Å². The van der Waals surface area contributed by atoms with Gasteiger partial charge in [-0.05, 0) is 30.9 Å². The lowest BCUT2D eigenvalue weighted by Crippen LogP contribution is -2.05. The van der Waals surface area contributed by atoms with Gasteiger partial charge in [-0.25, -0.2) is 4.68 Å². The second-order valence-electron chi connectivity index (χ2n) is 4.90. The van der Waals surface area contributed by atoms with E-state index in [4.69, 9.17) is 5.73 Å². The second kappa shape index (κ2) is 6.48. The Morgan fingerprint density at radius 1 is 1.16 bits per heavy atom. The molecule has 0 amide bonds. The Bertz CT molecular complexity index is 513. The predicted molar refractivity (Wildman–Crippen MR) is 76.8 cm³/mol. The van der Waals surface area contributed by atoms with Crippen molar-refractivity contribution in [3.8, 4) is 0 Å². The number of benzene rings is 1. The monoisotopic (exact) mass is 258 g/mol. The van der Waals surface area contributed by atoms with E-state index in [1.807, 2.05) is 11.6 Å². The van der Waals surface area contributed by atoms with E-state index in [0.717, 1.165) is 24.4 Å². The van der Waals surface area contributed by atoms with Gasteiger partial charge in [0.05, 0.1) is 17.9 Å². The summed E-state index contributed by atoms with van der Waals surface area (Å²) in [5, 5.41) is 8.22. The largest absolute Gasteiger partial charge is 0.325 e. The van der Waals surface area contributed by atoms with Crippen molar-refractivity contribution in [1.29, 1.82) is 0 Å². The van der Waals surface area contributed by atoms with E-state index in [0.29, 0.717) is 6.54 Å². The number of nitrogens with two attached hydrogens (primary N) is 1. The molecule has 0 unspecified atom stereocenters. The first-order chi connectivity index (χ1) is 9.24. The molecule has 19 heavy (non-hydrogen) atoms. The van der Waals surface area contributed by atoms with Crippen molar-refractivity contribution in [2.45, 2.75) is 46.2 Å². The molecule has 0 bridgehead atoms. The quantitative estimate of drug-likeness (QED) is 0.865. The minimum Gasteiger partial charge on any atom is -0.325 e. The summed E-state index contributed by atoms with van der Waals surface area (Å²) in [6.07, 6.45) is 3.65. The van der Waals surface area contributed by atoms with Crippen molar-refractivity contribution in [3.63, 3.8) is 0 Å². The molecule has 4 heteroatoms. The Morgan fingerprint density at radius 3 is 2.42 bits per heavy atom. The first-order valence-corrected chi connectivity index (χ1v) is 6.91. The third-order valence-corrected chi connectivity index (χ3v) is 3.45. The standard InChI is InChI=1S/C15H22N4/c1-3-4-5-13-6-8-14(9-7-13)11-19-12(2)15(10-16)17-18-19/h6-9H,3-5,10-11,16H2,1-2H3. The molecule has 0 atom stereocenters. The van der Waals surface area contributed by atoms with E-state index in [-0.39, 0.29) is 0 Å². The number of hydrogen-bond donors (Lipinski definition) is 1. The molecule has 1 heterocycles. The fourth-order valence-corrected chi connectivity index (χ4v) is 2.10. The van der Waals surface area contributed by atoms with Gasteiger partial charge in [0.1, 0.15) is 0 Å². The molecule has 2 N–H and O–H groups in total. The molecular formula is C15H22N4. The molecule has 4 nitrogen and oxygen atoms in total. The van der Waals surface area contributed by atoms with Crippen LogP contribution in [0.25, 0.3) is 0 Å². The topological polar surface area (TPSA) is 56.7 Å². The minimum atomic E-state index is 0.446. The van der Waals surface area contributed by atoms with Gasteiger partial charge >= 0.3 is 0 Å². The molecule has 1 aromatic heterocycles. The normalized spacial score (nSPS) is 10.9. The molecule has 2 rings (SSSR count). The number of rotatable bonds is 6. The smallest absolute Gasteiger partial charge is 0.0991 e. The molecule has 0 saturated carbocycles. The van der Waals surface area contributed by atoms with Gasteiger partial charge in [0.2, 0.25) is 0 Å². The lowest BCUT2D eigenvalue weighted by molar-refractivity contribution is 0.633. The highest BCUT2D eigenvalue weighted by Gasteiger charge is 2.06. The van der Waals surface area contributed by atoms with Gasteiger partial charge in [-0.2, -0.15) is 0 Å². The zero-order chi connectivity index (χ0) is 13.7. The van der Waals surface area contributed by atoms with E-state index in [1.165, 1.54) is 24.0 Å². The average molecular weight is 258 g/mol. The van der Waals surface area contributed by atoms with Crippen molar-refractivity contribution in [3.05, 3.63) is 46.8 Å². The summed E-state index contributed by atoms with van der Waals surface area (Å²) >= 11 is 0. The third-order valence-electron chi connectivity index (χ3n) is 3.45. The van der Waals surface area contributed by atoms with Crippen LogP contribution in [0.2, 0.25) is 0 Å². The highest BCUT2D eigenvalue weighted by atomic mass is 15.4. The van der Waals surface area contributed by atoms with Crippen LogP contribution in [0.4, 0.5) is 0 Å². The van der Waals surface area contributed by atoms with Gasteiger partial charge in [0, 0.05) is 6.54 Å². The van der Waals surface area contributed by atoms with E-state index in [1.54, 1.807) is 0 Å². The van der Waals surface area contributed by atoms with E-state index in [9.17, 15) is 0 Å². The van der Waals surface area contributed by atoms with Crippen molar-refractivity contribution >= 4 is 0 Å². The lowest BCUT2D eigenvalue weighted by Gasteiger charge is -2.05. The average Bonchev–Trinajstić information content (AvgIpc) is 2.79. The Hall–Kier alpha value is -1.68. The van der Waals surface area contributed by atoms with Crippen molar-refractivity contribution in [2.24, 2.45) is 5.73 Å². The molecule has 1 aromatic carbocycles. The molecular weight excluding hydrogens is 236 g/mol. The Labute approximate surface area is 114 Å². The van der Waals surface area contributed by atoms with Gasteiger partial charge in [-0.3, -0.25) is 0 Å².